The summed E-state index contributed by atoms with van der Waals surface area (Å²) in [5, 5.41) is 4.37. The van der Waals surface area contributed by atoms with Crippen molar-refractivity contribution in [1.82, 2.24) is 4.90 Å². The van der Waals surface area contributed by atoms with E-state index in [0.29, 0.717) is 22.9 Å². The highest BCUT2D eigenvalue weighted by Crippen LogP contribution is 2.30. The number of nitrogens with zero attached hydrogens (tertiary/aromatic N) is 2. The second-order valence-corrected chi connectivity index (χ2v) is 9.16. The van der Waals surface area contributed by atoms with E-state index in [1.165, 1.54) is 0 Å². The van der Waals surface area contributed by atoms with Crippen molar-refractivity contribution in [3.05, 3.63) is 87.9 Å². The first-order valence-electron chi connectivity index (χ1n) is 11.6. The van der Waals surface area contributed by atoms with Gasteiger partial charge in [0.1, 0.15) is 5.75 Å². The van der Waals surface area contributed by atoms with Crippen LogP contribution >= 0.6 is 23.2 Å². The van der Waals surface area contributed by atoms with E-state index in [4.69, 9.17) is 27.9 Å². The fourth-order valence-corrected chi connectivity index (χ4v) is 4.48. The Morgan fingerprint density at radius 3 is 2.35 bits per heavy atom. The number of amides is 1. The molecule has 34 heavy (non-hydrogen) atoms. The zero-order chi connectivity index (χ0) is 23.9. The van der Waals surface area contributed by atoms with Gasteiger partial charge in [-0.3, -0.25) is 9.69 Å². The van der Waals surface area contributed by atoms with Gasteiger partial charge in [0, 0.05) is 49.0 Å². The number of benzene rings is 3. The molecule has 0 aromatic heterocycles. The van der Waals surface area contributed by atoms with Crippen molar-refractivity contribution in [3.63, 3.8) is 0 Å². The number of hydrogen-bond acceptors (Lipinski definition) is 4. The van der Waals surface area contributed by atoms with Gasteiger partial charge in [0.15, 0.2) is 0 Å². The van der Waals surface area contributed by atoms with Gasteiger partial charge in [-0.2, -0.15) is 0 Å². The van der Waals surface area contributed by atoms with E-state index < -0.39 is 0 Å². The molecular weight excluding hydrogens is 469 g/mol. The minimum Gasteiger partial charge on any atom is -0.494 e. The zero-order valence-electron chi connectivity index (χ0n) is 19.3. The number of anilines is 2. The van der Waals surface area contributed by atoms with Crippen molar-refractivity contribution in [1.29, 1.82) is 0 Å². The Morgan fingerprint density at radius 2 is 1.68 bits per heavy atom. The number of hydrogen-bond donors (Lipinski definition) is 1. The van der Waals surface area contributed by atoms with Gasteiger partial charge in [0.05, 0.1) is 17.3 Å². The molecule has 1 amide bonds. The predicted molar refractivity (Wildman–Crippen MR) is 141 cm³/mol. The molecule has 0 bridgehead atoms. The van der Waals surface area contributed by atoms with E-state index in [1.54, 1.807) is 12.1 Å². The largest absolute Gasteiger partial charge is 0.494 e. The Hall–Kier alpha value is -2.73. The Morgan fingerprint density at radius 1 is 0.941 bits per heavy atom. The van der Waals surface area contributed by atoms with Gasteiger partial charge in [-0.15, -0.1) is 0 Å². The summed E-state index contributed by atoms with van der Waals surface area (Å²) in [6.07, 6.45) is 0.942. The lowest BCUT2D eigenvalue weighted by atomic mass is 10.1. The van der Waals surface area contributed by atoms with Crippen LogP contribution in [0.5, 0.6) is 5.75 Å². The summed E-state index contributed by atoms with van der Waals surface area (Å²) in [6.45, 7) is 7.17. The second-order valence-electron chi connectivity index (χ2n) is 8.35. The highest BCUT2D eigenvalue weighted by atomic mass is 35.5. The van der Waals surface area contributed by atoms with Crippen molar-refractivity contribution in [2.45, 2.75) is 19.9 Å². The normalized spacial score (nSPS) is 14.1. The molecule has 0 aliphatic carbocycles. The second kappa shape index (κ2) is 11.6. The molecule has 3 aromatic rings. The maximum Gasteiger partial charge on any atom is 0.255 e. The summed E-state index contributed by atoms with van der Waals surface area (Å²) in [7, 11) is 0. The van der Waals surface area contributed by atoms with Crippen molar-refractivity contribution < 1.29 is 9.53 Å². The van der Waals surface area contributed by atoms with E-state index in [0.717, 1.165) is 61.2 Å². The van der Waals surface area contributed by atoms with Crippen LogP contribution in [0.25, 0.3) is 0 Å². The first-order valence-corrected chi connectivity index (χ1v) is 12.3. The summed E-state index contributed by atoms with van der Waals surface area (Å²) < 4.78 is 5.57. The molecular formula is C27H29Cl2N3O2. The highest BCUT2D eigenvalue weighted by Gasteiger charge is 2.20. The number of nitrogens with one attached hydrogen (secondary N) is 1. The van der Waals surface area contributed by atoms with Gasteiger partial charge < -0.3 is 15.0 Å². The molecule has 1 fully saturated rings. The number of carbonyl (C=O) groups excluding carboxylic acids is 1. The first kappa shape index (κ1) is 24.4. The average molecular weight is 498 g/mol. The van der Waals surface area contributed by atoms with Crippen LogP contribution in [-0.2, 0) is 6.54 Å². The van der Waals surface area contributed by atoms with Crippen LogP contribution in [0, 0.1) is 0 Å². The predicted octanol–water partition coefficient (Wildman–Crippen LogP) is 6.36. The molecule has 1 N–H and O–H groups in total. The molecule has 1 aliphatic heterocycles. The topological polar surface area (TPSA) is 44.8 Å². The fraction of sp³-hybridized carbons (Fsp3) is 0.296. The van der Waals surface area contributed by atoms with Crippen molar-refractivity contribution in [2.24, 2.45) is 0 Å². The van der Waals surface area contributed by atoms with Crippen LogP contribution in [-0.4, -0.2) is 43.6 Å². The van der Waals surface area contributed by atoms with Gasteiger partial charge >= 0.3 is 0 Å². The number of ether oxygens (including phenoxy) is 1. The lowest BCUT2D eigenvalue weighted by Crippen LogP contribution is -2.46. The van der Waals surface area contributed by atoms with Crippen molar-refractivity contribution in [3.8, 4) is 5.75 Å². The summed E-state index contributed by atoms with van der Waals surface area (Å²) >= 11 is 12.9. The molecule has 7 heteroatoms. The molecule has 3 aromatic carbocycles. The number of halogens is 2. The fourth-order valence-electron chi connectivity index (χ4n) is 3.98. The molecule has 1 aliphatic rings. The van der Waals surface area contributed by atoms with Crippen LogP contribution in [0.4, 0.5) is 11.4 Å². The molecule has 1 heterocycles. The summed E-state index contributed by atoms with van der Waals surface area (Å²) in [5.41, 5.74) is 3.37. The average Bonchev–Trinajstić information content (AvgIpc) is 2.85. The van der Waals surface area contributed by atoms with E-state index in [-0.39, 0.29) is 5.91 Å². The Labute approximate surface area is 211 Å². The van der Waals surface area contributed by atoms with Crippen LogP contribution in [0.15, 0.2) is 66.7 Å². The van der Waals surface area contributed by atoms with Crippen LogP contribution in [0.2, 0.25) is 10.0 Å². The molecule has 178 valence electrons. The summed E-state index contributed by atoms with van der Waals surface area (Å²) in [5.74, 6) is 0.580. The van der Waals surface area contributed by atoms with Crippen LogP contribution in [0.1, 0.15) is 29.3 Å². The maximum absolute atomic E-state index is 12.6. The molecule has 4 rings (SSSR count). The number of carbonyl (C=O) groups is 1. The number of piperazine rings is 1. The van der Waals surface area contributed by atoms with Crippen molar-refractivity contribution in [2.75, 3.05) is 43.0 Å². The summed E-state index contributed by atoms with van der Waals surface area (Å²) in [6, 6.07) is 20.8. The summed E-state index contributed by atoms with van der Waals surface area (Å²) in [4.78, 5) is 17.3. The third-order valence-electron chi connectivity index (χ3n) is 5.86. The Kier molecular flexibility index (Phi) is 8.33. The zero-order valence-corrected chi connectivity index (χ0v) is 20.8. The standard InChI is InChI=1S/C27H29Cl2N3O2/c1-2-17-34-23-10-7-20(8-11-23)27(33)30-22-9-12-26(25(29)18-22)32-15-13-31(14-16-32)19-21-5-3-4-6-24(21)28/h3-12,18H,2,13-17,19H2,1H3,(H,30,33). The molecule has 0 atom stereocenters. The molecule has 5 nitrogen and oxygen atoms in total. The smallest absolute Gasteiger partial charge is 0.255 e. The molecule has 0 spiro atoms. The molecule has 0 unspecified atom stereocenters. The maximum atomic E-state index is 12.6. The Bertz CT molecular complexity index is 1110. The lowest BCUT2D eigenvalue weighted by Gasteiger charge is -2.36. The van der Waals surface area contributed by atoms with E-state index in [9.17, 15) is 4.79 Å². The van der Waals surface area contributed by atoms with Crippen molar-refractivity contribution >= 4 is 40.5 Å². The monoisotopic (exact) mass is 497 g/mol. The van der Waals surface area contributed by atoms with Crippen LogP contribution < -0.4 is 15.0 Å². The van der Waals surface area contributed by atoms with E-state index >= 15 is 0 Å². The lowest BCUT2D eigenvalue weighted by molar-refractivity contribution is 0.102. The van der Waals surface area contributed by atoms with Gasteiger partial charge in [-0.1, -0.05) is 48.3 Å². The van der Waals surface area contributed by atoms with Gasteiger partial charge in [0.2, 0.25) is 0 Å². The molecule has 0 saturated carbocycles. The van der Waals surface area contributed by atoms with Gasteiger partial charge in [-0.25, -0.2) is 0 Å². The first-order chi connectivity index (χ1) is 16.5. The van der Waals surface area contributed by atoms with E-state index in [1.807, 2.05) is 48.5 Å². The minimum absolute atomic E-state index is 0.181. The molecule has 0 radical (unpaired) electrons. The van der Waals surface area contributed by atoms with E-state index in [2.05, 4.69) is 28.1 Å². The highest BCUT2D eigenvalue weighted by molar-refractivity contribution is 6.33. The minimum atomic E-state index is -0.181. The third kappa shape index (κ3) is 6.23. The quantitative estimate of drug-likeness (QED) is 0.393. The Balaban J connectivity index is 1.32. The molecule has 1 saturated heterocycles. The van der Waals surface area contributed by atoms with Crippen LogP contribution in [0.3, 0.4) is 0 Å². The SMILES string of the molecule is CCCOc1ccc(C(=O)Nc2ccc(N3CCN(Cc4ccccc4Cl)CC3)c(Cl)c2)cc1. The van der Waals surface area contributed by atoms with Gasteiger partial charge in [-0.05, 0) is 60.5 Å². The van der Waals surface area contributed by atoms with Gasteiger partial charge in [0.25, 0.3) is 5.91 Å². The number of rotatable bonds is 8. The third-order valence-corrected chi connectivity index (χ3v) is 6.53.